The summed E-state index contributed by atoms with van der Waals surface area (Å²) in [5, 5.41) is 4.07. The SMILES string of the molecule is Cc1ccc(-c2noc(CN(C3CCCCC3)S(=O)(=O)c3ccc(C)cc3)n2)cc1. The lowest BCUT2D eigenvalue weighted by Gasteiger charge is -2.32. The van der Waals surface area contributed by atoms with Crippen LogP contribution < -0.4 is 0 Å². The third-order valence-electron chi connectivity index (χ3n) is 5.68. The normalized spacial score (nSPS) is 15.6. The summed E-state index contributed by atoms with van der Waals surface area (Å²) >= 11 is 0. The predicted octanol–water partition coefficient (Wildman–Crippen LogP) is 4.88. The van der Waals surface area contributed by atoms with Gasteiger partial charge in [-0.15, -0.1) is 0 Å². The summed E-state index contributed by atoms with van der Waals surface area (Å²) in [5.74, 6) is 0.785. The smallest absolute Gasteiger partial charge is 0.243 e. The highest BCUT2D eigenvalue weighted by molar-refractivity contribution is 7.89. The fraction of sp³-hybridized carbons (Fsp3) is 0.391. The number of hydrogen-bond acceptors (Lipinski definition) is 5. The molecule has 0 atom stereocenters. The van der Waals surface area contributed by atoms with Crippen LogP contribution in [0.25, 0.3) is 11.4 Å². The van der Waals surface area contributed by atoms with Gasteiger partial charge in [-0.2, -0.15) is 9.29 Å². The lowest BCUT2D eigenvalue weighted by molar-refractivity contribution is 0.223. The summed E-state index contributed by atoms with van der Waals surface area (Å²) in [6, 6.07) is 14.8. The van der Waals surface area contributed by atoms with Crippen LogP contribution in [0.15, 0.2) is 57.9 Å². The van der Waals surface area contributed by atoms with E-state index in [0.717, 1.165) is 48.8 Å². The van der Waals surface area contributed by atoms with Gasteiger partial charge in [0, 0.05) is 11.6 Å². The molecule has 0 radical (unpaired) electrons. The van der Waals surface area contributed by atoms with Crippen LogP contribution in [0, 0.1) is 13.8 Å². The van der Waals surface area contributed by atoms with Crippen molar-refractivity contribution in [2.75, 3.05) is 0 Å². The summed E-state index contributed by atoms with van der Waals surface area (Å²) in [7, 11) is -3.67. The van der Waals surface area contributed by atoms with Crippen molar-refractivity contribution in [3.63, 3.8) is 0 Å². The second kappa shape index (κ2) is 8.70. The van der Waals surface area contributed by atoms with E-state index < -0.39 is 10.0 Å². The molecule has 3 aromatic rings. The van der Waals surface area contributed by atoms with Crippen molar-refractivity contribution in [3.05, 3.63) is 65.5 Å². The van der Waals surface area contributed by atoms with Crippen molar-refractivity contribution in [1.82, 2.24) is 14.4 Å². The highest BCUT2D eigenvalue weighted by atomic mass is 32.2. The standard InChI is InChI=1S/C23H27N3O3S/c1-17-8-12-19(13-9-17)23-24-22(29-25-23)16-26(20-6-4-3-5-7-20)30(27,28)21-14-10-18(2)11-15-21/h8-15,20H,3-7,16H2,1-2H3. The van der Waals surface area contributed by atoms with Gasteiger partial charge < -0.3 is 4.52 Å². The fourth-order valence-corrected chi connectivity index (χ4v) is 5.53. The van der Waals surface area contributed by atoms with E-state index in [9.17, 15) is 8.42 Å². The molecule has 6 nitrogen and oxygen atoms in total. The average Bonchev–Trinajstić information content (AvgIpc) is 3.22. The van der Waals surface area contributed by atoms with Gasteiger partial charge in [0.2, 0.25) is 21.7 Å². The lowest BCUT2D eigenvalue weighted by Crippen LogP contribution is -2.41. The number of aromatic nitrogens is 2. The number of benzene rings is 2. The average molecular weight is 426 g/mol. The molecular formula is C23H27N3O3S. The van der Waals surface area contributed by atoms with Crippen LogP contribution in [0.1, 0.15) is 49.1 Å². The molecular weight excluding hydrogens is 398 g/mol. The van der Waals surface area contributed by atoms with E-state index in [0.29, 0.717) is 16.6 Å². The number of sulfonamides is 1. The topological polar surface area (TPSA) is 76.3 Å². The van der Waals surface area contributed by atoms with Gasteiger partial charge >= 0.3 is 0 Å². The maximum absolute atomic E-state index is 13.5. The van der Waals surface area contributed by atoms with Crippen molar-refractivity contribution in [2.24, 2.45) is 0 Å². The number of rotatable bonds is 6. The lowest BCUT2D eigenvalue weighted by atomic mass is 9.95. The maximum Gasteiger partial charge on any atom is 0.243 e. The Morgan fingerprint density at radius 3 is 2.17 bits per heavy atom. The van der Waals surface area contributed by atoms with Crippen molar-refractivity contribution in [1.29, 1.82) is 0 Å². The quantitative estimate of drug-likeness (QED) is 0.563. The largest absolute Gasteiger partial charge is 0.338 e. The second-order valence-corrected chi connectivity index (χ2v) is 9.92. The number of nitrogens with zero attached hydrogens (tertiary/aromatic N) is 3. The number of hydrogen-bond donors (Lipinski definition) is 0. The minimum atomic E-state index is -3.67. The molecule has 0 aliphatic heterocycles. The van der Waals surface area contributed by atoms with Crippen LogP contribution in [0.2, 0.25) is 0 Å². The fourth-order valence-electron chi connectivity index (χ4n) is 3.90. The first-order chi connectivity index (χ1) is 14.4. The predicted molar refractivity (Wildman–Crippen MR) is 115 cm³/mol. The molecule has 0 bridgehead atoms. The van der Waals surface area contributed by atoms with E-state index in [-0.39, 0.29) is 12.6 Å². The van der Waals surface area contributed by atoms with Gasteiger partial charge in [-0.1, -0.05) is 71.9 Å². The third kappa shape index (κ3) is 4.47. The minimum Gasteiger partial charge on any atom is -0.338 e. The van der Waals surface area contributed by atoms with Crippen molar-refractivity contribution < 1.29 is 12.9 Å². The van der Waals surface area contributed by atoms with E-state index in [1.807, 2.05) is 50.2 Å². The molecule has 4 rings (SSSR count). The molecule has 0 amide bonds. The molecule has 0 spiro atoms. The molecule has 1 fully saturated rings. The van der Waals surface area contributed by atoms with Crippen LogP contribution in [0.5, 0.6) is 0 Å². The molecule has 2 aromatic carbocycles. The van der Waals surface area contributed by atoms with E-state index in [4.69, 9.17) is 4.52 Å². The van der Waals surface area contributed by atoms with Crippen molar-refractivity contribution >= 4 is 10.0 Å². The zero-order valence-corrected chi connectivity index (χ0v) is 18.2. The van der Waals surface area contributed by atoms with Crippen LogP contribution in [-0.2, 0) is 16.6 Å². The summed E-state index contributed by atoms with van der Waals surface area (Å²) in [4.78, 5) is 4.78. The molecule has 158 valence electrons. The Kier molecular flexibility index (Phi) is 6.01. The number of aryl methyl sites for hydroxylation is 2. The first-order valence-electron chi connectivity index (χ1n) is 10.4. The van der Waals surface area contributed by atoms with Gasteiger partial charge in [0.05, 0.1) is 11.4 Å². The first kappa shape index (κ1) is 20.8. The van der Waals surface area contributed by atoms with E-state index >= 15 is 0 Å². The summed E-state index contributed by atoms with van der Waals surface area (Å²) in [5.41, 5.74) is 3.02. The third-order valence-corrected chi connectivity index (χ3v) is 7.59. The highest BCUT2D eigenvalue weighted by Crippen LogP contribution is 2.30. The van der Waals surface area contributed by atoms with Crippen molar-refractivity contribution in [3.8, 4) is 11.4 Å². The summed E-state index contributed by atoms with van der Waals surface area (Å²) < 4.78 is 34.0. The Balaban J connectivity index is 1.63. The van der Waals surface area contributed by atoms with Gasteiger partial charge in [0.15, 0.2) is 0 Å². The summed E-state index contributed by atoms with van der Waals surface area (Å²) in [6.45, 7) is 4.05. The Labute approximate surface area is 178 Å². The Morgan fingerprint density at radius 1 is 0.933 bits per heavy atom. The molecule has 1 aliphatic rings. The monoisotopic (exact) mass is 425 g/mol. The molecule has 1 aliphatic carbocycles. The van der Waals surface area contributed by atoms with Gasteiger partial charge in [0.1, 0.15) is 0 Å². The van der Waals surface area contributed by atoms with Gasteiger partial charge in [-0.25, -0.2) is 8.42 Å². The summed E-state index contributed by atoms with van der Waals surface area (Å²) in [6.07, 6.45) is 4.91. The Morgan fingerprint density at radius 2 is 1.53 bits per heavy atom. The minimum absolute atomic E-state index is 0.0558. The maximum atomic E-state index is 13.5. The molecule has 0 N–H and O–H groups in total. The molecule has 30 heavy (non-hydrogen) atoms. The van der Waals surface area contributed by atoms with E-state index in [1.165, 1.54) is 0 Å². The van der Waals surface area contributed by atoms with Crippen molar-refractivity contribution in [2.45, 2.75) is 63.4 Å². The van der Waals surface area contributed by atoms with Gasteiger partial charge in [0.25, 0.3) is 0 Å². The molecule has 0 unspecified atom stereocenters. The van der Waals surface area contributed by atoms with Gasteiger partial charge in [-0.3, -0.25) is 0 Å². The second-order valence-electron chi connectivity index (χ2n) is 8.03. The van der Waals surface area contributed by atoms with Crippen LogP contribution >= 0.6 is 0 Å². The van der Waals surface area contributed by atoms with Crippen LogP contribution in [0.4, 0.5) is 0 Å². The van der Waals surface area contributed by atoms with E-state index in [1.54, 1.807) is 16.4 Å². The van der Waals surface area contributed by atoms with Crippen LogP contribution in [-0.4, -0.2) is 28.9 Å². The zero-order chi connectivity index (χ0) is 21.1. The van der Waals surface area contributed by atoms with Crippen LogP contribution in [0.3, 0.4) is 0 Å². The molecule has 1 saturated carbocycles. The molecule has 1 aromatic heterocycles. The first-order valence-corrected chi connectivity index (χ1v) is 11.9. The van der Waals surface area contributed by atoms with Gasteiger partial charge in [-0.05, 0) is 38.8 Å². The Hall–Kier alpha value is -2.51. The molecule has 1 heterocycles. The Bertz CT molecular complexity index is 1080. The molecule has 0 saturated heterocycles. The zero-order valence-electron chi connectivity index (χ0n) is 17.4. The molecule has 7 heteroatoms. The van der Waals surface area contributed by atoms with E-state index in [2.05, 4.69) is 10.1 Å². The highest BCUT2D eigenvalue weighted by Gasteiger charge is 2.34.